The number of carboxylic acids is 1. The van der Waals surface area contributed by atoms with Gasteiger partial charge < -0.3 is 15.0 Å². The summed E-state index contributed by atoms with van der Waals surface area (Å²) in [6.45, 7) is 0. The molecule has 32 heavy (non-hydrogen) atoms. The first-order valence-electron chi connectivity index (χ1n) is 9.43. The van der Waals surface area contributed by atoms with Gasteiger partial charge in [-0.05, 0) is 65.1 Å². The van der Waals surface area contributed by atoms with Gasteiger partial charge in [0.25, 0.3) is 5.91 Å². The maximum atomic E-state index is 13.2. The second kappa shape index (κ2) is 8.40. The van der Waals surface area contributed by atoms with Gasteiger partial charge in [0.05, 0.1) is 26.6 Å². The molecule has 3 aromatic carbocycles. The third-order valence-corrected chi connectivity index (χ3v) is 7.53. The van der Waals surface area contributed by atoms with E-state index in [1.807, 2.05) is 22.6 Å². The quantitative estimate of drug-likeness (QED) is 0.348. The van der Waals surface area contributed by atoms with E-state index >= 15 is 0 Å². The van der Waals surface area contributed by atoms with Gasteiger partial charge in [0.1, 0.15) is 5.69 Å². The molecule has 0 aliphatic carbocycles. The molecule has 0 fully saturated rings. The molecular formula is C23H17IN2O5S. The van der Waals surface area contributed by atoms with Crippen LogP contribution >= 0.6 is 22.6 Å². The summed E-state index contributed by atoms with van der Waals surface area (Å²) in [4.78, 5) is 24.8. The molecule has 0 saturated carbocycles. The Hall–Kier alpha value is -3.18. The van der Waals surface area contributed by atoms with Crippen molar-refractivity contribution >= 4 is 60.9 Å². The lowest BCUT2D eigenvalue weighted by molar-refractivity contribution is 0.0698. The molecule has 0 saturated heterocycles. The molecule has 1 aromatic heterocycles. The Morgan fingerprint density at radius 3 is 2.38 bits per heavy atom. The van der Waals surface area contributed by atoms with E-state index in [4.69, 9.17) is 0 Å². The Labute approximate surface area is 197 Å². The minimum atomic E-state index is -3.81. The number of halogens is 1. The number of hydrogen-bond donors (Lipinski definition) is 2. The fraction of sp³-hybridized carbons (Fsp3) is 0.0435. The van der Waals surface area contributed by atoms with Gasteiger partial charge in [-0.3, -0.25) is 4.79 Å². The zero-order chi connectivity index (χ0) is 23.0. The number of aromatic carboxylic acids is 1. The van der Waals surface area contributed by atoms with E-state index in [1.54, 1.807) is 49.5 Å². The van der Waals surface area contributed by atoms with Crippen LogP contribution in [0.2, 0.25) is 0 Å². The van der Waals surface area contributed by atoms with Crippen LogP contribution in [0.25, 0.3) is 10.9 Å². The molecule has 9 heteroatoms. The molecule has 0 atom stereocenters. The maximum absolute atomic E-state index is 13.2. The Balaban J connectivity index is 1.80. The normalized spacial score (nSPS) is 11.4. The third kappa shape index (κ3) is 3.89. The van der Waals surface area contributed by atoms with Crippen molar-refractivity contribution in [1.29, 1.82) is 0 Å². The van der Waals surface area contributed by atoms with E-state index in [0.717, 1.165) is 3.57 Å². The first kappa shape index (κ1) is 22.0. The summed E-state index contributed by atoms with van der Waals surface area (Å²) in [6, 6.07) is 19.2. The van der Waals surface area contributed by atoms with Crippen LogP contribution < -0.4 is 5.32 Å². The van der Waals surface area contributed by atoms with Crippen LogP contribution in [-0.2, 0) is 16.9 Å². The average molecular weight is 560 g/mol. The van der Waals surface area contributed by atoms with Gasteiger partial charge in [0, 0.05) is 16.0 Å². The number of carboxylic acid groups (broad SMARTS) is 1. The van der Waals surface area contributed by atoms with Crippen LogP contribution in [0.5, 0.6) is 0 Å². The predicted molar refractivity (Wildman–Crippen MR) is 129 cm³/mol. The molecule has 1 heterocycles. The van der Waals surface area contributed by atoms with Crippen LogP contribution in [-0.4, -0.2) is 30.0 Å². The molecule has 0 aliphatic heterocycles. The lowest BCUT2D eigenvalue weighted by atomic mass is 10.1. The summed E-state index contributed by atoms with van der Waals surface area (Å²) in [6.07, 6.45) is 0. The first-order chi connectivity index (χ1) is 15.2. The average Bonchev–Trinajstić information content (AvgIpc) is 3.12. The lowest BCUT2D eigenvalue weighted by Gasteiger charge is -2.11. The second-order valence-corrected chi connectivity index (χ2v) is 10.2. The first-order valence-corrected chi connectivity index (χ1v) is 12.0. The van der Waals surface area contributed by atoms with E-state index < -0.39 is 21.7 Å². The second-order valence-electron chi connectivity index (χ2n) is 7.05. The van der Waals surface area contributed by atoms with Crippen molar-refractivity contribution in [3.05, 3.63) is 87.6 Å². The van der Waals surface area contributed by atoms with Crippen LogP contribution in [0.1, 0.15) is 20.8 Å². The van der Waals surface area contributed by atoms with Crippen LogP contribution in [0, 0.1) is 3.57 Å². The van der Waals surface area contributed by atoms with E-state index in [9.17, 15) is 23.1 Å². The number of aromatic nitrogens is 1. The third-order valence-electron chi connectivity index (χ3n) is 5.06. The highest BCUT2D eigenvalue weighted by atomic mass is 127. The summed E-state index contributed by atoms with van der Waals surface area (Å²) in [5.74, 6) is -1.71. The molecule has 4 aromatic rings. The zero-order valence-corrected chi connectivity index (χ0v) is 19.7. The molecular weight excluding hydrogens is 543 g/mol. The minimum absolute atomic E-state index is 0.0311. The van der Waals surface area contributed by atoms with Gasteiger partial charge in [-0.1, -0.05) is 30.3 Å². The van der Waals surface area contributed by atoms with Crippen LogP contribution in [0.3, 0.4) is 0 Å². The Morgan fingerprint density at radius 2 is 1.69 bits per heavy atom. The predicted octanol–water partition coefficient (Wildman–Crippen LogP) is 4.57. The SMILES string of the molecule is Cn1c(C(=O)Nc2ccc(I)cc2C(=O)O)cc2cccc(S(=O)(=O)c3ccccc3)c21. The number of aryl methyl sites for hydroxylation is 1. The van der Waals surface area contributed by atoms with Gasteiger partial charge in [0.2, 0.25) is 9.84 Å². The van der Waals surface area contributed by atoms with Gasteiger partial charge in [-0.2, -0.15) is 0 Å². The number of sulfone groups is 1. The standard InChI is InChI=1S/C23H17IN2O5S/c1-26-19(22(27)25-18-11-10-15(24)13-17(18)23(28)29)12-14-6-5-9-20(21(14)26)32(30,31)16-7-3-2-4-8-16/h2-13H,1H3,(H,25,27)(H,28,29). The van der Waals surface area contributed by atoms with Crippen LogP contribution in [0.15, 0.2) is 82.6 Å². The number of nitrogens with one attached hydrogen (secondary N) is 1. The summed E-state index contributed by atoms with van der Waals surface area (Å²) < 4.78 is 28.7. The highest BCUT2D eigenvalue weighted by Crippen LogP contribution is 2.30. The molecule has 0 unspecified atom stereocenters. The number of nitrogens with zero attached hydrogens (tertiary/aromatic N) is 1. The van der Waals surface area contributed by atoms with Crippen molar-refractivity contribution in [2.24, 2.45) is 7.05 Å². The molecule has 0 bridgehead atoms. The number of fused-ring (bicyclic) bond motifs is 1. The molecule has 0 spiro atoms. The van der Waals surface area contributed by atoms with E-state index in [1.165, 1.54) is 34.9 Å². The number of para-hydroxylation sites is 1. The number of rotatable bonds is 5. The van der Waals surface area contributed by atoms with Crippen molar-refractivity contribution in [3.8, 4) is 0 Å². The zero-order valence-electron chi connectivity index (χ0n) is 16.7. The Kier molecular flexibility index (Phi) is 5.78. The largest absolute Gasteiger partial charge is 0.478 e. The van der Waals surface area contributed by atoms with E-state index in [-0.39, 0.29) is 26.7 Å². The molecule has 7 nitrogen and oxygen atoms in total. The van der Waals surface area contributed by atoms with Gasteiger partial charge in [-0.25, -0.2) is 13.2 Å². The van der Waals surface area contributed by atoms with E-state index in [2.05, 4.69) is 5.32 Å². The molecule has 162 valence electrons. The maximum Gasteiger partial charge on any atom is 0.337 e. The fourth-order valence-corrected chi connectivity index (χ4v) is 5.56. The van der Waals surface area contributed by atoms with E-state index in [0.29, 0.717) is 10.9 Å². The smallest absolute Gasteiger partial charge is 0.337 e. The number of amides is 1. The van der Waals surface area contributed by atoms with Gasteiger partial charge >= 0.3 is 5.97 Å². The number of anilines is 1. The summed E-state index contributed by atoms with van der Waals surface area (Å²) >= 11 is 1.99. The highest BCUT2D eigenvalue weighted by molar-refractivity contribution is 14.1. The summed E-state index contributed by atoms with van der Waals surface area (Å²) in [5.41, 5.74) is 0.717. The lowest BCUT2D eigenvalue weighted by Crippen LogP contribution is -2.18. The van der Waals surface area contributed by atoms with Gasteiger partial charge in [0.15, 0.2) is 0 Å². The number of carbonyl (C=O) groups excluding carboxylic acids is 1. The van der Waals surface area contributed by atoms with Crippen molar-refractivity contribution in [3.63, 3.8) is 0 Å². The van der Waals surface area contributed by atoms with Crippen molar-refractivity contribution < 1.29 is 23.1 Å². The molecule has 0 radical (unpaired) electrons. The molecule has 4 rings (SSSR count). The van der Waals surface area contributed by atoms with Crippen LogP contribution in [0.4, 0.5) is 5.69 Å². The monoisotopic (exact) mass is 560 g/mol. The summed E-state index contributed by atoms with van der Waals surface area (Å²) in [5, 5.41) is 12.7. The molecule has 2 N–H and O–H groups in total. The minimum Gasteiger partial charge on any atom is -0.478 e. The Bertz CT molecular complexity index is 1480. The number of hydrogen-bond acceptors (Lipinski definition) is 4. The topological polar surface area (TPSA) is 105 Å². The molecule has 0 aliphatic rings. The van der Waals surface area contributed by atoms with Crippen molar-refractivity contribution in [2.75, 3.05) is 5.32 Å². The van der Waals surface area contributed by atoms with Crippen molar-refractivity contribution in [2.45, 2.75) is 9.79 Å². The fourth-order valence-electron chi connectivity index (χ4n) is 3.53. The molecule has 1 amide bonds. The van der Waals surface area contributed by atoms with Crippen molar-refractivity contribution in [1.82, 2.24) is 4.57 Å². The summed E-state index contributed by atoms with van der Waals surface area (Å²) in [7, 11) is -2.21. The highest BCUT2D eigenvalue weighted by Gasteiger charge is 2.24. The van der Waals surface area contributed by atoms with Gasteiger partial charge in [-0.15, -0.1) is 0 Å². The number of benzene rings is 3. The number of carbonyl (C=O) groups is 2. The Morgan fingerprint density at radius 1 is 0.969 bits per heavy atom.